The lowest BCUT2D eigenvalue weighted by Crippen LogP contribution is -2.51. The van der Waals surface area contributed by atoms with Gasteiger partial charge in [0.2, 0.25) is 35.3 Å². The van der Waals surface area contributed by atoms with E-state index in [9.17, 15) is 59.9 Å². The molecule has 2 aromatic carbocycles. The average molecular weight is 1410 g/mol. The minimum Gasteiger partial charge on any atom is -0.465 e. The van der Waals surface area contributed by atoms with Gasteiger partial charge < -0.3 is 63.8 Å². The Morgan fingerprint density at radius 3 is 1.27 bits per heavy atom. The number of nitrogens with one attached hydrogen (secondary N) is 3. The van der Waals surface area contributed by atoms with Crippen molar-refractivity contribution in [3.8, 4) is 0 Å². The minimum absolute atomic E-state index is 0.0175. The number of halogens is 8. The van der Waals surface area contributed by atoms with Gasteiger partial charge in [0.05, 0.1) is 70.2 Å². The maximum absolute atomic E-state index is 14.2. The van der Waals surface area contributed by atoms with Gasteiger partial charge in [0.1, 0.15) is 30.1 Å². The zero-order valence-electron chi connectivity index (χ0n) is 54.7. The second-order valence-corrected chi connectivity index (χ2v) is 25.0. The first-order chi connectivity index (χ1) is 46.0. The highest BCUT2D eigenvalue weighted by Gasteiger charge is 2.36. The Kier molecular flexibility index (Phi) is 23.2. The van der Waals surface area contributed by atoms with E-state index in [0.29, 0.717) is 134 Å². The number of piperazine rings is 4. The van der Waals surface area contributed by atoms with Crippen LogP contribution in [0.2, 0.25) is 10.0 Å². The van der Waals surface area contributed by atoms with E-state index in [1.165, 1.54) is 4.52 Å². The Balaban J connectivity index is 0.000000230. The van der Waals surface area contributed by atoms with Gasteiger partial charge in [-0.1, -0.05) is 37.0 Å². The minimum atomic E-state index is -4.61. The summed E-state index contributed by atoms with van der Waals surface area (Å²) in [4.78, 5) is 114. The zero-order chi connectivity index (χ0) is 70.3. The quantitative estimate of drug-likeness (QED) is 0.0554. The predicted molar refractivity (Wildman–Crippen MR) is 349 cm³/mol. The molecule has 528 valence electrons. The van der Waals surface area contributed by atoms with Gasteiger partial charge in [-0.15, -0.1) is 10.2 Å². The average Bonchev–Trinajstić information content (AvgIpc) is 1.67. The first-order valence-corrected chi connectivity index (χ1v) is 32.6. The summed E-state index contributed by atoms with van der Waals surface area (Å²) in [5.74, 6) is -0.994. The second kappa shape index (κ2) is 30.9. The number of hydrogen-bond donors (Lipinski definition) is 3. The van der Waals surface area contributed by atoms with E-state index in [0.717, 1.165) is 40.9 Å². The van der Waals surface area contributed by atoms with Gasteiger partial charge in [-0.05, 0) is 83.9 Å². The van der Waals surface area contributed by atoms with Crippen LogP contribution in [0, 0.1) is 0 Å². The van der Waals surface area contributed by atoms with Gasteiger partial charge in [0.25, 0.3) is 11.1 Å². The number of aromatic nitrogens is 8. The van der Waals surface area contributed by atoms with Gasteiger partial charge in [0, 0.05) is 105 Å². The number of anilines is 6. The SMILES string of the molecule is CCOC(=O)CN1CCN(c2nc3n(CC(=O)Nc4ccc(C(F)(F)F)cc4Cl)c(CC)c(N4CCN(C(=O)OC(C)(C)C)CC4)c(=O)n3n2)CC1.CCOC(=O)CN1CCN(c2nc3n(CC(=O)Nc4ccc(C(F)(F)F)cc4Cl)c(CC)c(N4CCNCC4)c(=O)n3n2)CC1. The summed E-state index contributed by atoms with van der Waals surface area (Å²) in [6.45, 7) is 20.5. The molecule has 97 heavy (non-hydrogen) atoms. The lowest BCUT2D eigenvalue weighted by atomic mass is 10.2. The van der Waals surface area contributed by atoms with Crippen LogP contribution in [0.1, 0.15) is 71.0 Å². The van der Waals surface area contributed by atoms with Crippen LogP contribution in [0.3, 0.4) is 0 Å². The number of rotatable bonds is 18. The Morgan fingerprint density at radius 2 is 0.918 bits per heavy atom. The normalized spacial score (nSPS) is 16.1. The van der Waals surface area contributed by atoms with Crippen molar-refractivity contribution >= 4 is 99.2 Å². The molecule has 10 rings (SSSR count). The molecular weight excluding hydrogens is 1330 g/mol. The van der Waals surface area contributed by atoms with E-state index in [-0.39, 0.29) is 108 Å². The largest absolute Gasteiger partial charge is 0.465 e. The van der Waals surface area contributed by atoms with Crippen LogP contribution in [0.25, 0.3) is 11.6 Å². The van der Waals surface area contributed by atoms with E-state index in [4.69, 9.17) is 47.4 Å². The molecule has 36 heteroatoms. The number of benzene rings is 2. The maximum atomic E-state index is 14.2. The predicted octanol–water partition coefficient (Wildman–Crippen LogP) is 5.37. The topological polar surface area (TPSA) is 276 Å². The fourth-order valence-electron chi connectivity index (χ4n) is 11.7. The van der Waals surface area contributed by atoms with Crippen LogP contribution >= 0.6 is 23.2 Å². The lowest BCUT2D eigenvalue weighted by molar-refractivity contribution is -0.145. The smallest absolute Gasteiger partial charge is 0.416 e. The summed E-state index contributed by atoms with van der Waals surface area (Å²) < 4.78 is 100. The molecule has 4 aromatic heterocycles. The number of carbonyl (C=O) groups is 5. The summed E-state index contributed by atoms with van der Waals surface area (Å²) in [6, 6.07) is 5.34. The molecule has 4 aliphatic heterocycles. The third kappa shape index (κ3) is 17.6. The molecular formula is C61H78Cl2F6N18O10. The lowest BCUT2D eigenvalue weighted by Gasteiger charge is -2.37. The van der Waals surface area contributed by atoms with E-state index in [1.807, 2.05) is 43.2 Å². The number of fused-ring (bicyclic) bond motifs is 2. The van der Waals surface area contributed by atoms with E-state index in [2.05, 4.69) is 26.1 Å². The number of carbonyl (C=O) groups excluding carboxylic acids is 5. The van der Waals surface area contributed by atoms with E-state index < -0.39 is 52.5 Å². The van der Waals surface area contributed by atoms with Crippen molar-refractivity contribution in [3.63, 3.8) is 0 Å². The Bertz CT molecular complexity index is 3980. The summed E-state index contributed by atoms with van der Waals surface area (Å²) in [6.07, 6.45) is -8.96. The standard InChI is InChI=1S/C33H43ClF3N9O6.C28H35ClF3N9O4/c1-6-24-27(42-14-16-44(17-15-42)31(50)52-32(3,4)5)28(49)46-30(39-29(40-46)43-12-10-41(11-13-43)20-26(48)51-7-2)45(24)19-25(47)38-23-9-8-21(18-22(23)34)33(35,36)37;1-3-21-24(38-9-7-33-8-10-38)25(44)41-27(35-26(36-41)39-13-11-37(12-14-39)17-23(43)45-4-2)40(21)16-22(42)34-20-6-5-18(15-19(20)29)28(30,31)32/h8-9,18H,6-7,10-17,19-20H2,1-5H3,(H,38,47);5-6,15,33H,3-4,7-14,16-17H2,1-2H3,(H,34,42). The number of esters is 2. The summed E-state index contributed by atoms with van der Waals surface area (Å²) in [7, 11) is 0. The molecule has 0 spiro atoms. The molecule has 4 aliphatic rings. The molecule has 4 fully saturated rings. The molecule has 6 aromatic rings. The van der Waals surface area contributed by atoms with E-state index >= 15 is 0 Å². The highest BCUT2D eigenvalue weighted by atomic mass is 35.5. The van der Waals surface area contributed by atoms with E-state index in [1.54, 1.807) is 48.7 Å². The number of hydrogen-bond acceptors (Lipinski definition) is 21. The molecule has 0 saturated carbocycles. The summed E-state index contributed by atoms with van der Waals surface area (Å²) in [5, 5.41) is 17.0. The van der Waals surface area contributed by atoms with Crippen LogP contribution in [0.4, 0.5) is 65.8 Å². The number of alkyl halides is 6. The number of ether oxygens (including phenoxy) is 3. The second-order valence-electron chi connectivity index (χ2n) is 24.1. The number of nitrogens with zero attached hydrogens (tertiary/aromatic N) is 15. The van der Waals surface area contributed by atoms with Gasteiger partial charge in [-0.2, -0.15) is 45.3 Å². The summed E-state index contributed by atoms with van der Waals surface area (Å²) in [5.41, 5.74) is -1.60. The third-order valence-corrected chi connectivity index (χ3v) is 17.0. The van der Waals surface area contributed by atoms with Crippen molar-refractivity contribution in [1.82, 2.24) is 58.3 Å². The van der Waals surface area contributed by atoms with Crippen LogP contribution in [0.15, 0.2) is 46.0 Å². The highest BCUT2D eigenvalue weighted by molar-refractivity contribution is 6.34. The van der Waals surface area contributed by atoms with Crippen molar-refractivity contribution in [2.45, 2.75) is 92.4 Å². The van der Waals surface area contributed by atoms with Crippen molar-refractivity contribution in [2.75, 3.05) is 161 Å². The van der Waals surface area contributed by atoms with Crippen molar-refractivity contribution in [1.29, 1.82) is 0 Å². The van der Waals surface area contributed by atoms with Crippen LogP contribution in [-0.2, 0) is 71.7 Å². The molecule has 0 aliphatic carbocycles. The molecule has 0 bridgehead atoms. The van der Waals surface area contributed by atoms with Gasteiger partial charge in [-0.25, -0.2) is 4.79 Å². The maximum Gasteiger partial charge on any atom is 0.416 e. The summed E-state index contributed by atoms with van der Waals surface area (Å²) >= 11 is 12.2. The van der Waals surface area contributed by atoms with Gasteiger partial charge >= 0.3 is 30.4 Å². The zero-order valence-corrected chi connectivity index (χ0v) is 56.3. The van der Waals surface area contributed by atoms with Crippen LogP contribution < -0.4 is 46.7 Å². The Hall–Kier alpha value is -8.47. The monoisotopic (exact) mass is 1410 g/mol. The highest BCUT2D eigenvalue weighted by Crippen LogP contribution is 2.36. The fraction of sp³-hybridized carbons (Fsp3) is 0.557. The Labute approximate surface area is 563 Å². The van der Waals surface area contributed by atoms with Crippen molar-refractivity contribution in [2.24, 2.45) is 0 Å². The molecule has 4 saturated heterocycles. The van der Waals surface area contributed by atoms with Gasteiger partial charge in [0.15, 0.2) is 0 Å². The van der Waals surface area contributed by atoms with Gasteiger partial charge in [-0.3, -0.25) is 38.6 Å². The van der Waals surface area contributed by atoms with Crippen LogP contribution in [-0.4, -0.2) is 219 Å². The first-order valence-electron chi connectivity index (χ1n) is 31.8. The van der Waals surface area contributed by atoms with Crippen LogP contribution in [0.5, 0.6) is 0 Å². The molecule has 3 amide bonds. The molecule has 28 nitrogen and oxygen atoms in total. The van der Waals surface area contributed by atoms with Crippen molar-refractivity contribution < 1.29 is 64.5 Å². The third-order valence-electron chi connectivity index (χ3n) is 16.4. The Morgan fingerprint density at radius 1 is 0.536 bits per heavy atom. The van der Waals surface area contributed by atoms with Crippen molar-refractivity contribution in [3.05, 3.63) is 89.7 Å². The molecule has 0 atom stereocenters. The number of amides is 3. The molecule has 8 heterocycles. The molecule has 0 unspecified atom stereocenters. The first kappa shape index (κ1) is 72.8. The molecule has 3 N–H and O–H groups in total. The fourth-order valence-corrected chi connectivity index (χ4v) is 12.1. The molecule has 0 radical (unpaired) electrons.